The van der Waals surface area contributed by atoms with Crippen LogP contribution in [0.15, 0.2) is 201 Å². The van der Waals surface area contributed by atoms with Gasteiger partial charge in [-0.2, -0.15) is 10.5 Å². The average molecular weight is 868 g/mol. The lowest BCUT2D eigenvalue weighted by atomic mass is 9.86. The molecular formula is C60H41N7. The maximum Gasteiger partial charge on any atom is 0.219 e. The van der Waals surface area contributed by atoms with E-state index in [0.717, 1.165) is 16.7 Å². The van der Waals surface area contributed by atoms with Crippen molar-refractivity contribution >= 4 is 27.3 Å². The molecule has 7 nitrogen and oxygen atoms in total. The lowest BCUT2D eigenvalue weighted by molar-refractivity contribution is 0.923. The highest BCUT2D eigenvalue weighted by Gasteiger charge is 2.25. The third-order valence-electron chi connectivity index (χ3n) is 11.7. The number of benzene rings is 6. The number of imidazole rings is 1. The van der Waals surface area contributed by atoms with Crippen LogP contribution in [-0.4, -0.2) is 24.3 Å². The summed E-state index contributed by atoms with van der Waals surface area (Å²) in [6, 6.07) is 57.6. The Balaban J connectivity index is 1.15. The van der Waals surface area contributed by atoms with Gasteiger partial charge in [-0.15, -0.1) is 0 Å². The third-order valence-corrected chi connectivity index (χ3v) is 11.7. The van der Waals surface area contributed by atoms with E-state index < -0.39 is 25.5 Å². The van der Waals surface area contributed by atoms with Crippen molar-refractivity contribution in [2.24, 2.45) is 0 Å². The van der Waals surface area contributed by atoms with E-state index in [1.165, 1.54) is 42.7 Å². The number of aromatic nitrogens is 5. The molecule has 67 heavy (non-hydrogen) atoms. The number of hydrogen-bond donors (Lipinski definition) is 0. The zero-order valence-electron chi connectivity index (χ0n) is 43.7. The molecule has 0 aliphatic heterocycles. The van der Waals surface area contributed by atoms with E-state index in [1.54, 1.807) is 34.9 Å². The molecule has 0 radical (unpaired) electrons. The molecule has 0 saturated heterocycles. The minimum Gasteiger partial charge on any atom is -0.282 e. The molecule has 0 saturated carbocycles. The van der Waals surface area contributed by atoms with Crippen molar-refractivity contribution in [3.8, 4) is 68.0 Å². The van der Waals surface area contributed by atoms with Crippen molar-refractivity contribution < 1.29 is 11.0 Å². The summed E-state index contributed by atoms with van der Waals surface area (Å²) in [5, 5.41) is 22.2. The number of para-hydroxylation sites is 1. The van der Waals surface area contributed by atoms with Crippen molar-refractivity contribution in [2.45, 2.75) is 25.5 Å². The SMILES string of the molecule is [2H]C([2H])(c1ccc(-c2ccccc2)nc1)C([2H])([2H])c1cc(-c2ccccc2-c2cnc3c4ccccc4n4c(C#N)nc(C#N)c4c3c2-c2ccccc2)cc(C([2H])([2H])C([2H])([2H])c2ccc(-c3ccccc3)nc2)c1. The first-order valence-corrected chi connectivity index (χ1v) is 21.6. The number of pyridine rings is 4. The summed E-state index contributed by atoms with van der Waals surface area (Å²) in [4.78, 5) is 18.6. The first-order valence-electron chi connectivity index (χ1n) is 25.6. The molecule has 0 spiro atoms. The van der Waals surface area contributed by atoms with Crippen LogP contribution in [0.3, 0.4) is 0 Å². The monoisotopic (exact) mass is 867 g/mol. The highest BCUT2D eigenvalue weighted by atomic mass is 15.0. The molecule has 0 aliphatic rings. The van der Waals surface area contributed by atoms with Gasteiger partial charge in [-0.1, -0.05) is 164 Å². The molecule has 0 N–H and O–H groups in total. The second kappa shape index (κ2) is 17.9. The molecule has 7 heteroatoms. The van der Waals surface area contributed by atoms with Crippen LogP contribution in [0.5, 0.6) is 0 Å². The number of aryl methyl sites for hydroxylation is 4. The van der Waals surface area contributed by atoms with Gasteiger partial charge in [0.2, 0.25) is 5.82 Å². The molecule has 11 rings (SSSR count). The van der Waals surface area contributed by atoms with Gasteiger partial charge in [0, 0.05) is 62.6 Å². The van der Waals surface area contributed by atoms with Gasteiger partial charge in [0.25, 0.3) is 0 Å². The second-order valence-electron chi connectivity index (χ2n) is 15.8. The first-order chi connectivity index (χ1) is 36.1. The fourth-order valence-electron chi connectivity index (χ4n) is 8.64. The van der Waals surface area contributed by atoms with E-state index >= 15 is 0 Å². The Morgan fingerprint density at radius 1 is 0.463 bits per heavy atom. The Morgan fingerprint density at radius 3 is 1.57 bits per heavy atom. The van der Waals surface area contributed by atoms with Crippen LogP contribution in [0.1, 0.15) is 44.7 Å². The van der Waals surface area contributed by atoms with Crippen molar-refractivity contribution in [1.82, 2.24) is 24.3 Å². The molecule has 5 aromatic heterocycles. The summed E-state index contributed by atoms with van der Waals surface area (Å²) >= 11 is 0. The maximum atomic E-state index is 10.6. The summed E-state index contributed by atoms with van der Waals surface area (Å²) in [6.45, 7) is 0. The minimum absolute atomic E-state index is 0.0166. The number of hydrogen-bond acceptors (Lipinski definition) is 6. The number of rotatable bonds is 11. The largest absolute Gasteiger partial charge is 0.282 e. The Hall–Kier alpha value is -9.04. The number of nitrogens with zero attached hydrogens (tertiary/aromatic N) is 7. The molecule has 0 aliphatic carbocycles. The van der Waals surface area contributed by atoms with Crippen LogP contribution in [-0.2, 0) is 25.5 Å². The highest BCUT2D eigenvalue weighted by molar-refractivity contribution is 6.19. The smallest absolute Gasteiger partial charge is 0.219 e. The molecule has 0 unspecified atom stereocenters. The quantitative estimate of drug-likeness (QED) is 0.120. The van der Waals surface area contributed by atoms with Gasteiger partial charge >= 0.3 is 0 Å². The number of fused-ring (bicyclic) bond motifs is 6. The van der Waals surface area contributed by atoms with E-state index in [-0.39, 0.29) is 39.3 Å². The first kappa shape index (κ1) is 32.6. The van der Waals surface area contributed by atoms with Crippen LogP contribution < -0.4 is 0 Å². The van der Waals surface area contributed by atoms with Crippen molar-refractivity contribution in [3.63, 3.8) is 0 Å². The van der Waals surface area contributed by atoms with Crippen molar-refractivity contribution in [1.29, 1.82) is 10.5 Å². The van der Waals surface area contributed by atoms with Crippen LogP contribution >= 0.6 is 0 Å². The molecule has 0 amide bonds. The van der Waals surface area contributed by atoms with Gasteiger partial charge in [-0.05, 0) is 88.2 Å². The van der Waals surface area contributed by atoms with Gasteiger partial charge in [-0.25, -0.2) is 4.98 Å². The predicted octanol–water partition coefficient (Wildman–Crippen LogP) is 13.5. The second-order valence-corrected chi connectivity index (χ2v) is 15.8. The standard InChI is InChI=1S/C60H41N7/c61-35-54-60-58-57(46-18-8-3-9-19-46)51(39-65-59(58)50-22-12-13-23-55(50)67(60)56(36-62)66-54)49-21-11-10-20-48(49)47-33-42(26-24-40-28-30-52(63-37-40)44-14-4-1-5-15-44)32-43(34-47)27-25-41-29-31-53(64-38-41)45-16-6-2-7-17-45/h1-23,28-34,37-39H,24-27H2/i24D2,25D2,26D2,27D2. The zero-order chi connectivity index (χ0) is 52.3. The molecule has 6 aromatic carbocycles. The highest BCUT2D eigenvalue weighted by Crippen LogP contribution is 2.45. The lowest BCUT2D eigenvalue weighted by Crippen LogP contribution is -2.00. The van der Waals surface area contributed by atoms with Gasteiger partial charge < -0.3 is 0 Å². The maximum absolute atomic E-state index is 10.6. The van der Waals surface area contributed by atoms with Crippen LogP contribution in [0.2, 0.25) is 0 Å². The van der Waals surface area contributed by atoms with Gasteiger partial charge in [-0.3, -0.25) is 19.4 Å². The van der Waals surface area contributed by atoms with Crippen molar-refractivity contribution in [3.05, 3.63) is 234 Å². The van der Waals surface area contributed by atoms with E-state index in [9.17, 15) is 21.5 Å². The Labute approximate surface area is 399 Å². The topological polar surface area (TPSA) is 104 Å². The Morgan fingerprint density at radius 2 is 1.00 bits per heavy atom. The summed E-state index contributed by atoms with van der Waals surface area (Å²) in [6.07, 6.45) is -6.97. The summed E-state index contributed by atoms with van der Waals surface area (Å²) < 4.78 is 78.6. The van der Waals surface area contributed by atoms with Crippen LogP contribution in [0.4, 0.5) is 0 Å². The minimum atomic E-state index is -2.88. The summed E-state index contributed by atoms with van der Waals surface area (Å²) in [5.74, 6) is 0.0166. The average Bonchev–Trinajstić information content (AvgIpc) is 3.86. The molecule has 316 valence electrons. The fraction of sp³-hybridized carbons (Fsp3) is 0.0667. The molecule has 11 aromatic rings. The summed E-state index contributed by atoms with van der Waals surface area (Å²) in [7, 11) is 0. The van der Waals surface area contributed by atoms with E-state index in [0.29, 0.717) is 61.0 Å². The number of nitriles is 2. The van der Waals surface area contributed by atoms with E-state index in [1.807, 2.05) is 127 Å². The molecule has 0 atom stereocenters. The van der Waals surface area contributed by atoms with Gasteiger partial charge in [0.1, 0.15) is 12.1 Å². The van der Waals surface area contributed by atoms with Gasteiger partial charge in [0.05, 0.1) is 27.9 Å². The van der Waals surface area contributed by atoms with E-state index in [2.05, 4.69) is 27.1 Å². The normalized spacial score (nSPS) is 13.8. The lowest BCUT2D eigenvalue weighted by Gasteiger charge is -2.19. The zero-order valence-corrected chi connectivity index (χ0v) is 35.7. The molecular weight excluding hydrogens is 819 g/mol. The van der Waals surface area contributed by atoms with Crippen molar-refractivity contribution in [2.75, 3.05) is 0 Å². The third kappa shape index (κ3) is 7.86. The predicted molar refractivity (Wildman–Crippen MR) is 268 cm³/mol. The van der Waals surface area contributed by atoms with Gasteiger partial charge in [0.15, 0.2) is 5.69 Å². The van der Waals surface area contributed by atoms with Crippen LogP contribution in [0, 0.1) is 22.7 Å². The molecule has 0 fully saturated rings. The van der Waals surface area contributed by atoms with Crippen LogP contribution in [0.25, 0.3) is 83.2 Å². The van der Waals surface area contributed by atoms with E-state index in [4.69, 9.17) is 4.98 Å². The Kier molecular flexibility index (Phi) is 8.68. The Bertz CT molecular complexity index is 3950. The summed E-state index contributed by atoms with van der Waals surface area (Å²) in [5.41, 5.74) is 6.84. The molecule has 0 bridgehead atoms. The molecule has 5 heterocycles. The fourth-order valence-corrected chi connectivity index (χ4v) is 8.64.